The number of hydrogen-bond donors (Lipinski definition) is 1. The van der Waals surface area contributed by atoms with Crippen molar-refractivity contribution < 1.29 is 28.9 Å². The molecular formula is C24H18N2O6. The number of nitrogens with zero attached hydrogens (tertiary/aromatic N) is 2. The Bertz CT molecular complexity index is 1250. The van der Waals surface area contributed by atoms with Crippen LogP contribution in [0, 0.1) is 0 Å². The first-order valence-corrected chi connectivity index (χ1v) is 9.84. The molecule has 8 heteroatoms. The second-order valence-corrected chi connectivity index (χ2v) is 7.19. The predicted octanol–water partition coefficient (Wildman–Crippen LogP) is 3.45. The number of Topliss-reactive ketones (excluding diaryl/α,β-unsaturated/α-hetero) is 1. The molecule has 5 rings (SSSR count). The van der Waals surface area contributed by atoms with Crippen LogP contribution in [0.25, 0.3) is 5.76 Å². The van der Waals surface area contributed by atoms with E-state index in [1.54, 1.807) is 67.0 Å². The van der Waals surface area contributed by atoms with Crippen molar-refractivity contribution in [3.05, 3.63) is 83.7 Å². The van der Waals surface area contributed by atoms with Crippen molar-refractivity contribution in [1.82, 2.24) is 4.98 Å². The third-order valence-electron chi connectivity index (χ3n) is 5.44. The zero-order chi connectivity index (χ0) is 22.2. The molecule has 1 atom stereocenters. The van der Waals surface area contributed by atoms with Crippen molar-refractivity contribution in [2.45, 2.75) is 6.04 Å². The van der Waals surface area contributed by atoms with Crippen LogP contribution in [0.3, 0.4) is 0 Å². The highest BCUT2D eigenvalue weighted by Gasteiger charge is 2.47. The second kappa shape index (κ2) is 7.73. The molecule has 32 heavy (non-hydrogen) atoms. The smallest absolute Gasteiger partial charge is 0.300 e. The molecule has 0 aliphatic carbocycles. The molecule has 3 aromatic rings. The summed E-state index contributed by atoms with van der Waals surface area (Å²) in [6.45, 7) is 0.0808. The molecule has 160 valence electrons. The van der Waals surface area contributed by atoms with Gasteiger partial charge in [-0.1, -0.05) is 18.2 Å². The van der Waals surface area contributed by atoms with Gasteiger partial charge in [-0.05, 0) is 35.9 Å². The van der Waals surface area contributed by atoms with Gasteiger partial charge in [0.1, 0.15) is 11.5 Å². The number of aliphatic hydroxyl groups is 1. The Morgan fingerprint density at radius 2 is 1.91 bits per heavy atom. The standard InChI is InChI=1S/C24H18N2O6/c1-30-17-7-3-2-6-16(17)22(27)20-21(14-5-4-10-25-12-14)26(24(29)23(20)28)15-8-9-18-19(11-15)32-13-31-18/h2-12,21,27H,13H2,1H3/b22-20+. The van der Waals surface area contributed by atoms with E-state index < -0.39 is 17.7 Å². The maximum atomic E-state index is 13.2. The molecule has 8 nitrogen and oxygen atoms in total. The van der Waals surface area contributed by atoms with Gasteiger partial charge in [-0.2, -0.15) is 0 Å². The van der Waals surface area contributed by atoms with E-state index >= 15 is 0 Å². The van der Waals surface area contributed by atoms with Crippen LogP contribution < -0.4 is 19.1 Å². The normalized spacial score (nSPS) is 18.8. The number of methoxy groups -OCH3 is 1. The average molecular weight is 430 g/mol. The van der Waals surface area contributed by atoms with Crippen molar-refractivity contribution in [3.63, 3.8) is 0 Å². The summed E-state index contributed by atoms with van der Waals surface area (Å²) in [6, 6.07) is 14.3. The number of para-hydroxylation sites is 1. The summed E-state index contributed by atoms with van der Waals surface area (Å²) >= 11 is 0. The lowest BCUT2D eigenvalue weighted by Gasteiger charge is -2.25. The highest BCUT2D eigenvalue weighted by Crippen LogP contribution is 2.45. The first-order valence-electron chi connectivity index (χ1n) is 9.84. The molecule has 0 radical (unpaired) electrons. The molecule has 1 aromatic heterocycles. The SMILES string of the molecule is COc1ccccc1/C(O)=C1\C(=O)C(=O)N(c2ccc3c(c2)OCO3)C1c1cccnc1. The van der Waals surface area contributed by atoms with Crippen LogP contribution in [-0.2, 0) is 9.59 Å². The zero-order valence-electron chi connectivity index (χ0n) is 17.0. The number of ether oxygens (including phenoxy) is 3. The number of fused-ring (bicyclic) bond motifs is 1. The van der Waals surface area contributed by atoms with Crippen molar-refractivity contribution in [2.75, 3.05) is 18.8 Å². The molecule has 3 heterocycles. The fourth-order valence-corrected chi connectivity index (χ4v) is 3.97. The predicted molar refractivity (Wildman–Crippen MR) is 115 cm³/mol. The molecule has 1 N–H and O–H groups in total. The summed E-state index contributed by atoms with van der Waals surface area (Å²) in [7, 11) is 1.47. The minimum atomic E-state index is -0.894. The molecule has 2 aliphatic rings. The summed E-state index contributed by atoms with van der Waals surface area (Å²) in [4.78, 5) is 31.9. The van der Waals surface area contributed by atoms with Gasteiger partial charge in [-0.25, -0.2) is 0 Å². The van der Waals surface area contributed by atoms with E-state index in [1.165, 1.54) is 12.0 Å². The van der Waals surface area contributed by atoms with E-state index in [0.717, 1.165) is 0 Å². The second-order valence-electron chi connectivity index (χ2n) is 7.19. The Morgan fingerprint density at radius 1 is 1.09 bits per heavy atom. The van der Waals surface area contributed by atoms with Crippen LogP contribution in [0.2, 0.25) is 0 Å². The molecular weight excluding hydrogens is 412 g/mol. The number of rotatable bonds is 4. The van der Waals surface area contributed by atoms with E-state index in [2.05, 4.69) is 4.98 Å². The summed E-state index contributed by atoms with van der Waals surface area (Å²) < 4.78 is 16.1. The third kappa shape index (κ3) is 3.04. The van der Waals surface area contributed by atoms with Crippen molar-refractivity contribution in [3.8, 4) is 17.2 Å². The number of carbonyl (C=O) groups excluding carboxylic acids is 2. The number of aromatic nitrogens is 1. The number of aliphatic hydroxyl groups excluding tert-OH is 1. The maximum absolute atomic E-state index is 13.2. The fourth-order valence-electron chi connectivity index (χ4n) is 3.97. The quantitative estimate of drug-likeness (QED) is 0.385. The lowest BCUT2D eigenvalue weighted by atomic mass is 9.96. The summed E-state index contributed by atoms with van der Waals surface area (Å²) in [5.41, 5.74) is 1.27. The molecule has 2 aromatic carbocycles. The Labute approximate surface area is 183 Å². The van der Waals surface area contributed by atoms with Crippen LogP contribution in [0.5, 0.6) is 17.2 Å². The number of anilines is 1. The Balaban J connectivity index is 1.72. The van der Waals surface area contributed by atoms with E-state index in [-0.39, 0.29) is 18.1 Å². The summed E-state index contributed by atoms with van der Waals surface area (Å²) in [5, 5.41) is 11.2. The van der Waals surface area contributed by atoms with Crippen molar-refractivity contribution in [1.29, 1.82) is 0 Å². The van der Waals surface area contributed by atoms with Crippen LogP contribution in [0.4, 0.5) is 5.69 Å². The number of hydrogen-bond acceptors (Lipinski definition) is 7. The number of carbonyl (C=O) groups is 2. The Kier molecular flexibility index (Phi) is 4.74. The monoisotopic (exact) mass is 430 g/mol. The van der Waals surface area contributed by atoms with Crippen LogP contribution in [-0.4, -0.2) is 35.7 Å². The number of ketones is 1. The van der Waals surface area contributed by atoms with Gasteiger partial charge in [-0.3, -0.25) is 19.5 Å². The van der Waals surface area contributed by atoms with E-state index in [1.807, 2.05) is 0 Å². The minimum Gasteiger partial charge on any atom is -0.507 e. The lowest BCUT2D eigenvalue weighted by molar-refractivity contribution is -0.132. The van der Waals surface area contributed by atoms with Gasteiger partial charge in [0, 0.05) is 24.1 Å². The largest absolute Gasteiger partial charge is 0.507 e. The zero-order valence-corrected chi connectivity index (χ0v) is 17.0. The number of benzene rings is 2. The highest BCUT2D eigenvalue weighted by atomic mass is 16.7. The van der Waals surface area contributed by atoms with Gasteiger partial charge in [-0.15, -0.1) is 0 Å². The van der Waals surface area contributed by atoms with Crippen molar-refractivity contribution >= 4 is 23.1 Å². The van der Waals surface area contributed by atoms with Gasteiger partial charge in [0.05, 0.1) is 24.3 Å². The van der Waals surface area contributed by atoms with Crippen LogP contribution in [0.1, 0.15) is 17.2 Å². The molecule has 1 amide bonds. The van der Waals surface area contributed by atoms with E-state index in [4.69, 9.17) is 14.2 Å². The molecule has 1 saturated heterocycles. The number of pyridine rings is 1. The first-order chi connectivity index (χ1) is 15.6. The van der Waals surface area contributed by atoms with E-state index in [0.29, 0.717) is 34.1 Å². The Hall–Kier alpha value is -4.33. The third-order valence-corrected chi connectivity index (χ3v) is 5.44. The van der Waals surface area contributed by atoms with Gasteiger partial charge in [0.2, 0.25) is 6.79 Å². The van der Waals surface area contributed by atoms with Gasteiger partial charge < -0.3 is 19.3 Å². The topological polar surface area (TPSA) is 98.2 Å². The van der Waals surface area contributed by atoms with Crippen LogP contribution >= 0.6 is 0 Å². The van der Waals surface area contributed by atoms with Gasteiger partial charge in [0.15, 0.2) is 11.5 Å². The summed E-state index contributed by atoms with van der Waals surface area (Å²) in [5.74, 6) is -0.493. The number of amides is 1. The fraction of sp³-hybridized carbons (Fsp3) is 0.125. The van der Waals surface area contributed by atoms with Crippen molar-refractivity contribution in [2.24, 2.45) is 0 Å². The van der Waals surface area contributed by atoms with E-state index in [9.17, 15) is 14.7 Å². The Morgan fingerprint density at radius 3 is 2.69 bits per heavy atom. The first kappa shape index (κ1) is 19.6. The molecule has 1 unspecified atom stereocenters. The lowest BCUT2D eigenvalue weighted by Crippen LogP contribution is -2.29. The van der Waals surface area contributed by atoms with Crippen LogP contribution in [0.15, 0.2) is 72.6 Å². The highest BCUT2D eigenvalue weighted by molar-refractivity contribution is 6.51. The molecule has 0 spiro atoms. The van der Waals surface area contributed by atoms with Gasteiger partial charge >= 0.3 is 0 Å². The summed E-state index contributed by atoms with van der Waals surface area (Å²) in [6.07, 6.45) is 3.16. The molecule has 0 bridgehead atoms. The molecule has 1 fully saturated rings. The minimum absolute atomic E-state index is 0.0508. The molecule has 2 aliphatic heterocycles. The average Bonchev–Trinajstić information content (AvgIpc) is 3.41. The molecule has 0 saturated carbocycles. The maximum Gasteiger partial charge on any atom is 0.300 e. The van der Waals surface area contributed by atoms with Gasteiger partial charge in [0.25, 0.3) is 11.7 Å².